The quantitative estimate of drug-likeness (QED) is 0.401. The molecule has 10 heteroatoms. The zero-order valence-electron chi connectivity index (χ0n) is 18.2. The average molecular weight is 455 g/mol. The summed E-state index contributed by atoms with van der Waals surface area (Å²) in [5.74, 6) is -1.04. The lowest BCUT2D eigenvalue weighted by molar-refractivity contribution is -0.117. The van der Waals surface area contributed by atoms with Gasteiger partial charge >= 0.3 is 5.69 Å². The van der Waals surface area contributed by atoms with Gasteiger partial charge in [0.2, 0.25) is 5.91 Å². The largest absolute Gasteiger partial charge is 0.385 e. The number of ether oxygens (including phenoxy) is 1. The van der Waals surface area contributed by atoms with Gasteiger partial charge in [0.25, 0.3) is 5.56 Å². The number of hydrogen-bond acceptors (Lipinski definition) is 6. The number of benzene rings is 2. The van der Waals surface area contributed by atoms with Crippen LogP contribution < -0.4 is 27.2 Å². The van der Waals surface area contributed by atoms with Gasteiger partial charge in [-0.2, -0.15) is 0 Å². The third kappa shape index (κ3) is 6.07. The third-order valence-corrected chi connectivity index (χ3v) is 4.97. The number of anilines is 3. The lowest BCUT2D eigenvalue weighted by Crippen LogP contribution is -2.44. The Kier molecular flexibility index (Phi) is 7.98. The Balaban J connectivity index is 1.93. The fourth-order valence-corrected chi connectivity index (χ4v) is 3.36. The first-order valence-electron chi connectivity index (χ1n) is 10.4. The predicted octanol–water partition coefficient (Wildman–Crippen LogP) is 1.79. The molecule has 9 nitrogen and oxygen atoms in total. The van der Waals surface area contributed by atoms with E-state index in [0.29, 0.717) is 18.7 Å². The van der Waals surface area contributed by atoms with Crippen LogP contribution in [0.5, 0.6) is 0 Å². The van der Waals surface area contributed by atoms with Crippen molar-refractivity contribution in [3.8, 4) is 0 Å². The Bertz CT molecular complexity index is 1210. The van der Waals surface area contributed by atoms with Crippen LogP contribution in [0.4, 0.5) is 21.6 Å². The highest BCUT2D eigenvalue weighted by molar-refractivity contribution is 5.98. The summed E-state index contributed by atoms with van der Waals surface area (Å²) >= 11 is 0. The summed E-state index contributed by atoms with van der Waals surface area (Å²) in [6.07, 6.45) is 0.429. The molecule has 0 unspecified atom stereocenters. The summed E-state index contributed by atoms with van der Waals surface area (Å²) < 4.78 is 19.7. The van der Waals surface area contributed by atoms with Crippen molar-refractivity contribution in [3.63, 3.8) is 0 Å². The van der Waals surface area contributed by atoms with Gasteiger partial charge in [0.1, 0.15) is 11.6 Å². The number of amides is 1. The molecule has 0 aliphatic heterocycles. The highest BCUT2D eigenvalue weighted by Crippen LogP contribution is 2.19. The number of methoxy groups -OCH3 is 1. The lowest BCUT2D eigenvalue weighted by atomic mass is 10.2. The monoisotopic (exact) mass is 455 g/mol. The Morgan fingerprint density at radius 1 is 1.18 bits per heavy atom. The zero-order valence-corrected chi connectivity index (χ0v) is 18.2. The highest BCUT2D eigenvalue weighted by Gasteiger charge is 2.24. The second-order valence-corrected chi connectivity index (χ2v) is 7.32. The maximum Gasteiger partial charge on any atom is 0.330 e. The Hall–Kier alpha value is -3.92. The number of carbonyl (C=O) groups excluding carboxylic acids is 1. The summed E-state index contributed by atoms with van der Waals surface area (Å²) in [5, 5.41) is 2.85. The van der Waals surface area contributed by atoms with Crippen molar-refractivity contribution in [1.82, 2.24) is 9.55 Å². The highest BCUT2D eigenvalue weighted by atomic mass is 19.1. The van der Waals surface area contributed by atoms with Crippen molar-refractivity contribution in [1.29, 1.82) is 0 Å². The number of nitrogens with two attached hydrogens (primary N) is 1. The van der Waals surface area contributed by atoms with Crippen LogP contribution in [0.25, 0.3) is 0 Å². The first-order valence-corrected chi connectivity index (χ1v) is 10.4. The van der Waals surface area contributed by atoms with Crippen molar-refractivity contribution in [2.24, 2.45) is 0 Å². The van der Waals surface area contributed by atoms with Crippen LogP contribution in [0, 0.1) is 5.82 Å². The first-order chi connectivity index (χ1) is 15.9. The van der Waals surface area contributed by atoms with Crippen molar-refractivity contribution in [2.75, 3.05) is 42.8 Å². The second-order valence-electron chi connectivity index (χ2n) is 7.32. The minimum atomic E-state index is -0.765. The zero-order chi connectivity index (χ0) is 23.8. The molecule has 0 aliphatic rings. The topological polar surface area (TPSA) is 122 Å². The van der Waals surface area contributed by atoms with Crippen LogP contribution in [0.2, 0.25) is 0 Å². The van der Waals surface area contributed by atoms with E-state index < -0.39 is 23.0 Å². The number of aromatic nitrogens is 2. The van der Waals surface area contributed by atoms with Crippen molar-refractivity contribution >= 4 is 23.1 Å². The molecule has 0 bridgehead atoms. The molecule has 0 spiro atoms. The second kappa shape index (κ2) is 11.1. The molecule has 0 saturated carbocycles. The summed E-state index contributed by atoms with van der Waals surface area (Å²) in [7, 11) is 1.53. The van der Waals surface area contributed by atoms with Gasteiger partial charge < -0.3 is 20.7 Å². The molecule has 33 heavy (non-hydrogen) atoms. The summed E-state index contributed by atoms with van der Waals surface area (Å²) in [6, 6.07) is 14.8. The van der Waals surface area contributed by atoms with Gasteiger partial charge in [-0.1, -0.05) is 36.4 Å². The van der Waals surface area contributed by atoms with Gasteiger partial charge in [-0.25, -0.2) is 9.18 Å². The van der Waals surface area contributed by atoms with E-state index in [0.717, 1.165) is 5.56 Å². The van der Waals surface area contributed by atoms with E-state index in [1.54, 1.807) is 6.07 Å². The molecular weight excluding hydrogens is 429 g/mol. The normalized spacial score (nSPS) is 10.7. The first kappa shape index (κ1) is 23.7. The average Bonchev–Trinajstić information content (AvgIpc) is 2.80. The van der Waals surface area contributed by atoms with E-state index in [-0.39, 0.29) is 31.1 Å². The number of H-pyrrole nitrogens is 1. The molecule has 1 amide bonds. The molecule has 0 atom stereocenters. The van der Waals surface area contributed by atoms with Gasteiger partial charge in [-0.3, -0.25) is 19.1 Å². The molecule has 0 radical (unpaired) electrons. The summed E-state index contributed by atoms with van der Waals surface area (Å²) in [5.41, 5.74) is 5.91. The minimum absolute atomic E-state index is 0.118. The number of nitrogens with one attached hydrogen (secondary N) is 2. The molecule has 0 saturated heterocycles. The van der Waals surface area contributed by atoms with Crippen molar-refractivity contribution in [2.45, 2.75) is 13.0 Å². The van der Waals surface area contributed by atoms with Crippen LogP contribution in [0.3, 0.4) is 0 Å². The van der Waals surface area contributed by atoms with Crippen LogP contribution in [0.1, 0.15) is 12.0 Å². The molecule has 3 rings (SSSR count). The van der Waals surface area contributed by atoms with Gasteiger partial charge in [-0.15, -0.1) is 0 Å². The van der Waals surface area contributed by atoms with E-state index in [1.165, 1.54) is 34.8 Å². The minimum Gasteiger partial charge on any atom is -0.385 e. The molecule has 1 aromatic heterocycles. The number of aromatic amines is 1. The van der Waals surface area contributed by atoms with Crippen LogP contribution in [-0.4, -0.2) is 42.3 Å². The lowest BCUT2D eigenvalue weighted by Gasteiger charge is -2.25. The van der Waals surface area contributed by atoms with Crippen LogP contribution >= 0.6 is 0 Å². The van der Waals surface area contributed by atoms with Gasteiger partial charge in [0, 0.05) is 25.9 Å². The predicted molar refractivity (Wildman–Crippen MR) is 125 cm³/mol. The Morgan fingerprint density at radius 3 is 2.64 bits per heavy atom. The van der Waals surface area contributed by atoms with E-state index >= 15 is 0 Å². The maximum absolute atomic E-state index is 13.4. The SMILES string of the molecule is COCCCN(C(=O)CNc1cccc(F)c1)c1c(N)n(Cc2ccccc2)c(=O)[nH]c1=O. The van der Waals surface area contributed by atoms with Gasteiger partial charge in [0.05, 0.1) is 13.1 Å². The number of halogens is 1. The number of hydrogen-bond donors (Lipinski definition) is 3. The van der Waals surface area contributed by atoms with E-state index in [9.17, 15) is 18.8 Å². The van der Waals surface area contributed by atoms with Crippen LogP contribution in [0.15, 0.2) is 64.2 Å². The number of rotatable bonds is 10. The fourth-order valence-electron chi connectivity index (χ4n) is 3.36. The molecule has 2 aromatic carbocycles. The molecule has 0 aliphatic carbocycles. The van der Waals surface area contributed by atoms with Crippen molar-refractivity contribution < 1.29 is 13.9 Å². The molecule has 174 valence electrons. The molecule has 4 N–H and O–H groups in total. The Labute approximate surface area is 189 Å². The third-order valence-electron chi connectivity index (χ3n) is 4.97. The molecular formula is C23H26FN5O4. The van der Waals surface area contributed by atoms with Crippen molar-refractivity contribution in [3.05, 3.63) is 86.8 Å². The van der Waals surface area contributed by atoms with E-state index in [4.69, 9.17) is 10.5 Å². The number of carbonyl (C=O) groups is 1. The standard InChI is InChI=1S/C23H26FN5O4/c1-33-12-6-11-28(19(30)14-26-18-10-5-9-17(24)13-18)20-21(25)29(23(32)27-22(20)31)15-16-7-3-2-4-8-16/h2-5,7-10,13,26H,6,11-12,14-15,25H2,1H3,(H,27,31,32). The Morgan fingerprint density at radius 2 is 1.94 bits per heavy atom. The summed E-state index contributed by atoms with van der Waals surface area (Å²) in [4.78, 5) is 41.8. The number of nitrogens with zero attached hydrogens (tertiary/aromatic N) is 2. The van der Waals surface area contributed by atoms with Gasteiger partial charge in [-0.05, 0) is 30.2 Å². The van der Waals surface area contributed by atoms with Crippen LogP contribution in [-0.2, 0) is 16.1 Å². The number of nitrogen functional groups attached to an aromatic ring is 1. The molecule has 3 aromatic rings. The summed E-state index contributed by atoms with van der Waals surface area (Å²) in [6.45, 7) is 0.390. The van der Waals surface area contributed by atoms with Gasteiger partial charge in [0.15, 0.2) is 5.69 Å². The van der Waals surface area contributed by atoms with E-state index in [2.05, 4.69) is 10.3 Å². The maximum atomic E-state index is 13.4. The molecule has 0 fully saturated rings. The van der Waals surface area contributed by atoms with E-state index in [1.807, 2.05) is 30.3 Å². The molecule has 1 heterocycles. The fraction of sp³-hybridized carbons (Fsp3) is 0.261. The smallest absolute Gasteiger partial charge is 0.330 e.